The van der Waals surface area contributed by atoms with E-state index in [1.807, 2.05) is 0 Å². The Labute approximate surface area is 200 Å². The van der Waals surface area contributed by atoms with Crippen LogP contribution >= 0.6 is 22.9 Å². The number of hydrogen-bond acceptors (Lipinski definition) is 5. The van der Waals surface area contributed by atoms with Gasteiger partial charge in [-0.3, -0.25) is 9.48 Å². The normalized spacial score (nSPS) is 19.9. The first-order chi connectivity index (χ1) is 16.3. The Kier molecular flexibility index (Phi) is 4.96. The Morgan fingerprint density at radius 1 is 1.32 bits per heavy atom. The summed E-state index contributed by atoms with van der Waals surface area (Å²) in [5.74, 6) is -3.67. The summed E-state index contributed by atoms with van der Waals surface area (Å²) in [4.78, 5) is 27.3. The molecule has 1 aromatic carbocycles. The van der Waals surface area contributed by atoms with Crippen molar-refractivity contribution in [3.63, 3.8) is 0 Å². The first kappa shape index (κ1) is 21.6. The number of aromatic nitrogens is 5. The van der Waals surface area contributed by atoms with Crippen LogP contribution in [0.25, 0.3) is 10.2 Å². The molecule has 0 spiro atoms. The number of imidazole rings is 1. The number of thiazole rings is 1. The van der Waals surface area contributed by atoms with Gasteiger partial charge in [-0.15, -0.1) is 11.3 Å². The minimum atomic E-state index is -2.64. The molecular weight excluding hydrogens is 489 g/mol. The lowest BCUT2D eigenvalue weighted by molar-refractivity contribution is -0.114. The monoisotopic (exact) mass is 506 g/mol. The lowest BCUT2D eigenvalue weighted by Crippen LogP contribution is -2.41. The van der Waals surface area contributed by atoms with Crippen molar-refractivity contribution in [1.82, 2.24) is 29.6 Å². The van der Waals surface area contributed by atoms with E-state index in [-0.39, 0.29) is 47.4 Å². The number of alkyl halides is 2. The van der Waals surface area contributed by atoms with Gasteiger partial charge in [0.25, 0.3) is 5.91 Å². The molecule has 176 valence electrons. The van der Waals surface area contributed by atoms with E-state index in [4.69, 9.17) is 11.6 Å². The minimum Gasteiger partial charge on any atom is -0.348 e. The van der Waals surface area contributed by atoms with Crippen LogP contribution in [0.5, 0.6) is 0 Å². The molecule has 3 aromatic heterocycles. The third-order valence-corrected chi connectivity index (χ3v) is 7.89. The van der Waals surface area contributed by atoms with Gasteiger partial charge in [0.15, 0.2) is 0 Å². The number of halogens is 4. The fraction of sp³-hybridized carbons (Fsp3) is 0.364. The molecule has 1 aliphatic heterocycles. The molecule has 7 nitrogen and oxygen atoms in total. The second kappa shape index (κ2) is 7.81. The maximum atomic E-state index is 14.3. The number of H-pyrrole nitrogens is 1. The second-order valence-electron chi connectivity index (χ2n) is 8.72. The molecule has 0 radical (unpaired) electrons. The van der Waals surface area contributed by atoms with Gasteiger partial charge in [0.2, 0.25) is 5.92 Å². The summed E-state index contributed by atoms with van der Waals surface area (Å²) in [5, 5.41) is 4.84. The maximum absolute atomic E-state index is 14.3. The van der Waals surface area contributed by atoms with Crippen LogP contribution in [0.15, 0.2) is 30.7 Å². The van der Waals surface area contributed by atoms with Crippen LogP contribution in [0.3, 0.4) is 0 Å². The predicted octanol–water partition coefficient (Wildman–Crippen LogP) is 4.84. The molecule has 6 rings (SSSR count). The summed E-state index contributed by atoms with van der Waals surface area (Å²) >= 11 is 7.78. The van der Waals surface area contributed by atoms with Gasteiger partial charge < -0.3 is 9.88 Å². The van der Waals surface area contributed by atoms with E-state index in [2.05, 4.69) is 20.1 Å². The van der Waals surface area contributed by atoms with Crippen LogP contribution in [0, 0.1) is 11.7 Å². The van der Waals surface area contributed by atoms with Crippen LogP contribution in [-0.4, -0.2) is 48.0 Å². The molecule has 1 aliphatic carbocycles. The average molecular weight is 507 g/mol. The fourth-order valence-electron chi connectivity index (χ4n) is 4.75. The van der Waals surface area contributed by atoms with Crippen molar-refractivity contribution in [3.8, 4) is 0 Å². The zero-order valence-corrected chi connectivity index (χ0v) is 19.2. The van der Waals surface area contributed by atoms with Crippen molar-refractivity contribution in [3.05, 3.63) is 63.7 Å². The number of hydrogen-bond donors (Lipinski definition) is 1. The quantitative estimate of drug-likeness (QED) is 0.429. The van der Waals surface area contributed by atoms with E-state index >= 15 is 0 Å². The van der Waals surface area contributed by atoms with E-state index in [0.29, 0.717) is 28.4 Å². The van der Waals surface area contributed by atoms with Crippen LogP contribution in [0.4, 0.5) is 13.2 Å². The molecule has 1 atom stereocenters. The Hall–Kier alpha value is -2.92. The van der Waals surface area contributed by atoms with E-state index in [9.17, 15) is 18.0 Å². The van der Waals surface area contributed by atoms with E-state index in [1.165, 1.54) is 28.3 Å². The number of nitrogens with one attached hydrogen (secondary N) is 1. The van der Waals surface area contributed by atoms with Crippen molar-refractivity contribution >= 4 is 39.1 Å². The Morgan fingerprint density at radius 3 is 2.91 bits per heavy atom. The van der Waals surface area contributed by atoms with Gasteiger partial charge in [-0.25, -0.2) is 23.1 Å². The van der Waals surface area contributed by atoms with Gasteiger partial charge in [-0.2, -0.15) is 5.10 Å². The van der Waals surface area contributed by atoms with Gasteiger partial charge in [0.05, 0.1) is 28.5 Å². The molecule has 1 amide bonds. The molecule has 1 N–H and O–H groups in total. The molecule has 1 saturated carbocycles. The Balaban J connectivity index is 1.34. The molecule has 1 fully saturated rings. The number of amides is 1. The number of carbonyl (C=O) groups is 1. The number of rotatable bonds is 4. The largest absolute Gasteiger partial charge is 0.348 e. The summed E-state index contributed by atoms with van der Waals surface area (Å²) in [6, 6.07) is 4.13. The van der Waals surface area contributed by atoms with Crippen LogP contribution in [0.2, 0.25) is 5.15 Å². The maximum Gasteiger partial charge on any atom is 0.259 e. The van der Waals surface area contributed by atoms with Crippen molar-refractivity contribution in [2.45, 2.75) is 37.8 Å². The topological polar surface area (TPSA) is 79.7 Å². The van der Waals surface area contributed by atoms with Crippen molar-refractivity contribution in [1.29, 1.82) is 0 Å². The summed E-state index contributed by atoms with van der Waals surface area (Å²) in [5.41, 5.74) is 1.98. The fourth-order valence-corrected chi connectivity index (χ4v) is 6.09. The smallest absolute Gasteiger partial charge is 0.259 e. The van der Waals surface area contributed by atoms with Gasteiger partial charge in [-0.1, -0.05) is 17.7 Å². The van der Waals surface area contributed by atoms with E-state index in [0.717, 1.165) is 5.69 Å². The summed E-state index contributed by atoms with van der Waals surface area (Å²) < 4.78 is 42.8. The molecule has 34 heavy (non-hydrogen) atoms. The van der Waals surface area contributed by atoms with Gasteiger partial charge in [-0.05, 0) is 18.1 Å². The van der Waals surface area contributed by atoms with Crippen LogP contribution < -0.4 is 0 Å². The Morgan fingerprint density at radius 2 is 2.15 bits per heavy atom. The summed E-state index contributed by atoms with van der Waals surface area (Å²) in [6.45, 7) is 0.596. The van der Waals surface area contributed by atoms with Crippen molar-refractivity contribution < 1.29 is 18.0 Å². The number of carbonyl (C=O) groups excluding carboxylic acids is 1. The molecule has 12 heteroatoms. The summed E-state index contributed by atoms with van der Waals surface area (Å²) in [7, 11) is 0. The molecule has 2 aliphatic rings. The highest BCUT2D eigenvalue weighted by molar-refractivity contribution is 7.18. The minimum absolute atomic E-state index is 0.113. The number of para-hydroxylation sites is 1. The molecule has 4 aromatic rings. The molecule has 0 bridgehead atoms. The molecule has 0 unspecified atom stereocenters. The number of fused-ring (bicyclic) bond motifs is 2. The number of benzene rings is 1. The number of aromatic amines is 1. The lowest BCUT2D eigenvalue weighted by atomic mass is 9.81. The highest BCUT2D eigenvalue weighted by Gasteiger charge is 2.45. The predicted molar refractivity (Wildman–Crippen MR) is 120 cm³/mol. The van der Waals surface area contributed by atoms with Crippen molar-refractivity contribution in [2.24, 2.45) is 5.92 Å². The third-order valence-electron chi connectivity index (χ3n) is 6.42. The van der Waals surface area contributed by atoms with E-state index in [1.54, 1.807) is 23.4 Å². The number of nitrogens with zero attached hydrogens (tertiary/aromatic N) is 5. The highest BCUT2D eigenvalue weighted by Crippen LogP contribution is 2.44. The highest BCUT2D eigenvalue weighted by atomic mass is 35.5. The second-order valence-corrected chi connectivity index (χ2v) is 10.1. The zero-order valence-electron chi connectivity index (χ0n) is 17.6. The zero-order chi connectivity index (χ0) is 23.6. The lowest BCUT2D eigenvalue weighted by Gasteiger charge is -2.35. The summed E-state index contributed by atoms with van der Waals surface area (Å²) in [6.07, 6.45) is 3.07. The van der Waals surface area contributed by atoms with Gasteiger partial charge >= 0.3 is 0 Å². The van der Waals surface area contributed by atoms with Gasteiger partial charge in [0.1, 0.15) is 27.5 Å². The van der Waals surface area contributed by atoms with Gasteiger partial charge in [0, 0.05) is 38.0 Å². The standard InChI is InChI=1S/C22H18ClF3N6OS/c23-19-12(8-29-32(19)9-11-6-22(25,26)7-11)21(33)31-5-4-14-17(28-10-27-14)18(31)20-30-16-13(24)2-1-3-15(16)34-20/h1-3,8,10-11,18H,4-7,9H2,(H,27,28)/t18-/m0/s1. The SMILES string of the molecule is O=C(c1cnn(CC2CC(F)(F)C2)c1Cl)N1CCc2[nH]cnc2[C@H]1c1nc2c(F)cccc2s1. The molecule has 0 saturated heterocycles. The van der Waals surface area contributed by atoms with Crippen molar-refractivity contribution in [2.75, 3.05) is 6.54 Å². The van der Waals surface area contributed by atoms with Crippen LogP contribution in [0.1, 0.15) is 45.6 Å². The molecule has 4 heterocycles. The first-order valence-electron chi connectivity index (χ1n) is 10.8. The average Bonchev–Trinajstić information content (AvgIpc) is 3.50. The first-order valence-corrected chi connectivity index (χ1v) is 12.0. The Bertz CT molecular complexity index is 1410. The molecular formula is C22H18ClF3N6OS. The van der Waals surface area contributed by atoms with E-state index < -0.39 is 17.8 Å². The third kappa shape index (κ3) is 3.49. The van der Waals surface area contributed by atoms with Crippen LogP contribution in [-0.2, 0) is 13.0 Å².